The van der Waals surface area contributed by atoms with Crippen molar-refractivity contribution in [3.63, 3.8) is 0 Å². The minimum absolute atomic E-state index is 0.0457. The molecule has 1 saturated carbocycles. The lowest BCUT2D eigenvalue weighted by atomic mass is 9.98. The van der Waals surface area contributed by atoms with Crippen LogP contribution in [0.15, 0.2) is 24.3 Å². The van der Waals surface area contributed by atoms with Crippen molar-refractivity contribution in [2.75, 3.05) is 0 Å². The van der Waals surface area contributed by atoms with Crippen LogP contribution in [-0.4, -0.2) is 5.97 Å². The highest BCUT2D eigenvalue weighted by atomic mass is 19.2. The van der Waals surface area contributed by atoms with E-state index < -0.39 is 40.6 Å². The monoisotopic (exact) mass is 356 g/mol. The minimum Gasteiger partial charge on any atom is -0.423 e. The highest BCUT2D eigenvalue weighted by molar-refractivity contribution is 5.91. The molecule has 1 aliphatic carbocycles. The van der Waals surface area contributed by atoms with E-state index in [4.69, 9.17) is 4.74 Å². The number of hydrogen-bond acceptors (Lipinski definition) is 2. The van der Waals surface area contributed by atoms with Crippen LogP contribution in [0, 0.1) is 29.1 Å². The van der Waals surface area contributed by atoms with Gasteiger partial charge in [-0.1, -0.05) is 25.0 Å². The summed E-state index contributed by atoms with van der Waals surface area (Å²) in [5, 5.41) is 0. The van der Waals surface area contributed by atoms with Crippen molar-refractivity contribution in [1.82, 2.24) is 0 Å². The van der Waals surface area contributed by atoms with Crippen molar-refractivity contribution in [3.8, 4) is 5.75 Å². The van der Waals surface area contributed by atoms with Gasteiger partial charge in [0.15, 0.2) is 23.3 Å². The quantitative estimate of drug-likeness (QED) is 0.247. The predicted octanol–water partition coefficient (Wildman–Crippen LogP) is 5.26. The Kier molecular flexibility index (Phi) is 4.74. The van der Waals surface area contributed by atoms with Crippen molar-refractivity contribution < 1.29 is 31.5 Å². The van der Waals surface area contributed by atoms with Crippen molar-refractivity contribution in [2.24, 2.45) is 0 Å². The number of carbonyl (C=O) groups is 1. The van der Waals surface area contributed by atoms with Crippen LogP contribution in [0.4, 0.5) is 22.0 Å². The van der Waals surface area contributed by atoms with Gasteiger partial charge in [-0.05, 0) is 36.5 Å². The maximum absolute atomic E-state index is 13.6. The molecule has 25 heavy (non-hydrogen) atoms. The number of rotatable bonds is 3. The highest BCUT2D eigenvalue weighted by Crippen LogP contribution is 2.34. The maximum atomic E-state index is 13.6. The van der Waals surface area contributed by atoms with E-state index in [0.717, 1.165) is 31.2 Å². The van der Waals surface area contributed by atoms with Gasteiger partial charge >= 0.3 is 5.97 Å². The zero-order valence-corrected chi connectivity index (χ0v) is 12.9. The second-order valence-corrected chi connectivity index (χ2v) is 5.88. The fourth-order valence-electron chi connectivity index (χ4n) is 3.01. The molecule has 0 heterocycles. The molecule has 0 aromatic heterocycles. The molecule has 132 valence electrons. The first kappa shape index (κ1) is 17.4. The molecule has 0 atom stereocenters. The lowest BCUT2D eigenvalue weighted by Gasteiger charge is -2.11. The highest BCUT2D eigenvalue weighted by Gasteiger charge is 2.31. The Morgan fingerprint density at radius 3 is 1.80 bits per heavy atom. The van der Waals surface area contributed by atoms with Gasteiger partial charge in [0, 0.05) is 0 Å². The minimum atomic E-state index is -2.33. The van der Waals surface area contributed by atoms with E-state index in [1.165, 1.54) is 12.1 Å². The molecule has 0 radical (unpaired) electrons. The number of esters is 1. The van der Waals surface area contributed by atoms with Gasteiger partial charge in [-0.2, -0.15) is 0 Å². The molecule has 0 spiro atoms. The van der Waals surface area contributed by atoms with Gasteiger partial charge in [0.25, 0.3) is 0 Å². The second-order valence-electron chi connectivity index (χ2n) is 5.88. The van der Waals surface area contributed by atoms with E-state index in [1.54, 1.807) is 12.1 Å². The summed E-state index contributed by atoms with van der Waals surface area (Å²) in [5.41, 5.74) is -0.565. The van der Waals surface area contributed by atoms with E-state index in [1.807, 2.05) is 0 Å². The van der Waals surface area contributed by atoms with Crippen LogP contribution in [-0.2, 0) is 0 Å². The van der Waals surface area contributed by atoms with Crippen molar-refractivity contribution in [3.05, 3.63) is 64.5 Å². The van der Waals surface area contributed by atoms with E-state index in [-0.39, 0.29) is 5.75 Å². The predicted molar refractivity (Wildman–Crippen MR) is 78.8 cm³/mol. The first-order valence-electron chi connectivity index (χ1n) is 7.73. The van der Waals surface area contributed by atoms with Crippen molar-refractivity contribution >= 4 is 5.97 Å². The normalized spacial score (nSPS) is 14.8. The third-order valence-corrected chi connectivity index (χ3v) is 4.33. The van der Waals surface area contributed by atoms with Crippen LogP contribution in [0.2, 0.25) is 0 Å². The Labute approximate surface area is 140 Å². The zero-order valence-electron chi connectivity index (χ0n) is 12.9. The van der Waals surface area contributed by atoms with Gasteiger partial charge in [-0.25, -0.2) is 26.7 Å². The summed E-state index contributed by atoms with van der Waals surface area (Å²) >= 11 is 0. The molecule has 1 fully saturated rings. The summed E-state index contributed by atoms with van der Waals surface area (Å²) in [7, 11) is 0. The molecule has 0 N–H and O–H groups in total. The Morgan fingerprint density at radius 2 is 1.28 bits per heavy atom. The average molecular weight is 356 g/mol. The molecule has 3 rings (SSSR count). The van der Waals surface area contributed by atoms with Crippen LogP contribution in [0.3, 0.4) is 0 Å². The summed E-state index contributed by atoms with van der Waals surface area (Å²) < 4.78 is 71.3. The van der Waals surface area contributed by atoms with Crippen LogP contribution in [0.25, 0.3) is 0 Å². The molecular weight excluding hydrogens is 343 g/mol. The molecule has 0 bridgehead atoms. The van der Waals surface area contributed by atoms with Crippen LogP contribution >= 0.6 is 0 Å². The maximum Gasteiger partial charge on any atom is 0.349 e. The van der Waals surface area contributed by atoms with Gasteiger partial charge in [0.2, 0.25) is 5.82 Å². The number of halogens is 5. The molecular formula is C18H13F5O2. The van der Waals surface area contributed by atoms with Crippen molar-refractivity contribution in [2.45, 2.75) is 31.6 Å². The van der Waals surface area contributed by atoms with Gasteiger partial charge in [-0.15, -0.1) is 0 Å². The van der Waals surface area contributed by atoms with Crippen LogP contribution in [0.1, 0.15) is 47.5 Å². The van der Waals surface area contributed by atoms with E-state index >= 15 is 0 Å². The Morgan fingerprint density at radius 1 is 0.800 bits per heavy atom. The second kappa shape index (κ2) is 6.82. The zero-order chi connectivity index (χ0) is 18.1. The molecule has 0 saturated heterocycles. The van der Waals surface area contributed by atoms with Gasteiger partial charge < -0.3 is 4.74 Å². The standard InChI is InChI=1S/C18H13F5O2/c19-13-12(14(20)16(22)17(23)15(13)21)18(24)25-11-7-5-10(6-8-11)9-3-1-2-4-9/h5-9H,1-4H2. The van der Waals surface area contributed by atoms with E-state index in [0.29, 0.717) is 5.92 Å². The number of benzene rings is 2. The molecule has 0 aliphatic heterocycles. The first-order chi connectivity index (χ1) is 11.9. The molecule has 7 heteroatoms. The topological polar surface area (TPSA) is 26.3 Å². The van der Waals surface area contributed by atoms with Crippen LogP contribution < -0.4 is 4.74 Å². The third-order valence-electron chi connectivity index (χ3n) is 4.33. The summed E-state index contributed by atoms with van der Waals surface area (Å²) in [4.78, 5) is 11.9. The summed E-state index contributed by atoms with van der Waals surface area (Å²) in [6.07, 6.45) is 4.40. The van der Waals surface area contributed by atoms with Crippen molar-refractivity contribution in [1.29, 1.82) is 0 Å². The summed E-state index contributed by atoms with van der Waals surface area (Å²) in [6, 6.07) is 6.30. The fraction of sp³-hybridized carbons (Fsp3) is 0.278. The number of carbonyl (C=O) groups excluding carboxylic acids is 1. The Hall–Kier alpha value is -2.44. The average Bonchev–Trinajstić information content (AvgIpc) is 3.14. The molecule has 0 unspecified atom stereocenters. The number of hydrogen-bond donors (Lipinski definition) is 0. The molecule has 1 aliphatic rings. The van der Waals surface area contributed by atoms with Gasteiger partial charge in [-0.3, -0.25) is 0 Å². The lowest BCUT2D eigenvalue weighted by molar-refractivity contribution is 0.0721. The first-order valence-corrected chi connectivity index (χ1v) is 7.73. The SMILES string of the molecule is O=C(Oc1ccc(C2CCCC2)cc1)c1c(F)c(F)c(F)c(F)c1F. The summed E-state index contributed by atoms with van der Waals surface area (Å²) in [6.45, 7) is 0. The van der Waals surface area contributed by atoms with Gasteiger partial charge in [0.05, 0.1) is 0 Å². The molecule has 2 nitrogen and oxygen atoms in total. The largest absolute Gasteiger partial charge is 0.423 e. The lowest BCUT2D eigenvalue weighted by Crippen LogP contribution is -2.17. The molecule has 2 aromatic rings. The van der Waals surface area contributed by atoms with E-state index in [9.17, 15) is 26.7 Å². The Balaban J connectivity index is 1.83. The number of ether oxygens (including phenoxy) is 1. The fourth-order valence-corrected chi connectivity index (χ4v) is 3.01. The summed E-state index contributed by atoms with van der Waals surface area (Å²) in [5.74, 6) is -12.4. The third kappa shape index (κ3) is 3.23. The smallest absolute Gasteiger partial charge is 0.349 e. The molecule has 2 aromatic carbocycles. The Bertz CT molecular complexity index is 782. The van der Waals surface area contributed by atoms with E-state index in [2.05, 4.69) is 0 Å². The molecule has 0 amide bonds. The van der Waals surface area contributed by atoms with Crippen LogP contribution in [0.5, 0.6) is 5.75 Å². The van der Waals surface area contributed by atoms with Gasteiger partial charge in [0.1, 0.15) is 11.3 Å².